The highest BCUT2D eigenvalue weighted by Crippen LogP contribution is 2.23. The molecule has 0 fully saturated rings. The Balaban J connectivity index is 2.27. The molecule has 2 rings (SSSR count). The molecule has 0 aliphatic carbocycles. The van der Waals surface area contributed by atoms with Gasteiger partial charge in [-0.3, -0.25) is 4.79 Å². The van der Waals surface area contributed by atoms with Crippen LogP contribution in [0.3, 0.4) is 0 Å². The first-order valence-electron chi connectivity index (χ1n) is 6.97. The van der Waals surface area contributed by atoms with Crippen molar-refractivity contribution >= 4 is 23.2 Å². The smallest absolute Gasteiger partial charge is 0.330 e. The highest BCUT2D eigenvalue weighted by Gasteiger charge is 2.24. The van der Waals surface area contributed by atoms with E-state index >= 15 is 0 Å². The SMILES string of the molecule is Cc1ccc(C(NC(=O)c2cc(C)c(C)s2)C(=O)O)cc1C. The van der Waals surface area contributed by atoms with E-state index in [2.05, 4.69) is 5.32 Å². The molecule has 5 heteroatoms. The molecule has 22 heavy (non-hydrogen) atoms. The summed E-state index contributed by atoms with van der Waals surface area (Å²) in [6.45, 7) is 7.76. The molecule has 2 N–H and O–H groups in total. The number of carboxylic acid groups (broad SMARTS) is 1. The minimum Gasteiger partial charge on any atom is -0.479 e. The van der Waals surface area contributed by atoms with Crippen molar-refractivity contribution in [2.24, 2.45) is 0 Å². The summed E-state index contributed by atoms with van der Waals surface area (Å²) >= 11 is 1.37. The summed E-state index contributed by atoms with van der Waals surface area (Å²) in [4.78, 5) is 25.4. The quantitative estimate of drug-likeness (QED) is 0.906. The van der Waals surface area contributed by atoms with E-state index in [-0.39, 0.29) is 5.91 Å². The van der Waals surface area contributed by atoms with Crippen LogP contribution in [-0.4, -0.2) is 17.0 Å². The number of carbonyl (C=O) groups is 2. The number of aliphatic carboxylic acids is 1. The lowest BCUT2D eigenvalue weighted by Gasteiger charge is -2.15. The van der Waals surface area contributed by atoms with Gasteiger partial charge < -0.3 is 10.4 Å². The number of carboxylic acids is 1. The molecule has 1 aromatic carbocycles. The van der Waals surface area contributed by atoms with Gasteiger partial charge >= 0.3 is 5.97 Å². The van der Waals surface area contributed by atoms with E-state index in [1.807, 2.05) is 33.8 Å². The monoisotopic (exact) mass is 317 g/mol. The molecule has 0 radical (unpaired) electrons. The first-order valence-corrected chi connectivity index (χ1v) is 7.79. The maximum atomic E-state index is 12.3. The lowest BCUT2D eigenvalue weighted by molar-refractivity contribution is -0.139. The zero-order chi connectivity index (χ0) is 16.4. The van der Waals surface area contributed by atoms with Crippen LogP contribution in [0.1, 0.15) is 42.8 Å². The average Bonchev–Trinajstić information content (AvgIpc) is 2.79. The highest BCUT2D eigenvalue weighted by molar-refractivity contribution is 7.14. The Bertz CT molecular complexity index is 714. The van der Waals surface area contributed by atoms with Gasteiger partial charge in [-0.2, -0.15) is 0 Å². The lowest BCUT2D eigenvalue weighted by Crippen LogP contribution is -2.33. The summed E-state index contributed by atoms with van der Waals surface area (Å²) < 4.78 is 0. The molecule has 0 aliphatic heterocycles. The van der Waals surface area contributed by atoms with Crippen LogP contribution < -0.4 is 5.32 Å². The second-order valence-electron chi connectivity index (χ2n) is 5.44. The van der Waals surface area contributed by atoms with Crippen molar-refractivity contribution in [1.82, 2.24) is 5.32 Å². The molecule has 1 atom stereocenters. The largest absolute Gasteiger partial charge is 0.479 e. The topological polar surface area (TPSA) is 66.4 Å². The van der Waals surface area contributed by atoms with Crippen LogP contribution >= 0.6 is 11.3 Å². The Kier molecular flexibility index (Phi) is 4.66. The first kappa shape index (κ1) is 16.2. The second-order valence-corrected chi connectivity index (χ2v) is 6.69. The first-order chi connectivity index (χ1) is 10.3. The van der Waals surface area contributed by atoms with Crippen molar-refractivity contribution in [2.75, 3.05) is 0 Å². The van der Waals surface area contributed by atoms with Crippen LogP contribution in [0.15, 0.2) is 24.3 Å². The van der Waals surface area contributed by atoms with Gasteiger partial charge in [0, 0.05) is 4.88 Å². The van der Waals surface area contributed by atoms with Crippen LogP contribution in [-0.2, 0) is 4.79 Å². The molecular weight excluding hydrogens is 298 g/mol. The summed E-state index contributed by atoms with van der Waals surface area (Å²) in [7, 11) is 0. The fraction of sp³-hybridized carbons (Fsp3) is 0.294. The van der Waals surface area contributed by atoms with Crippen molar-refractivity contribution in [3.05, 3.63) is 56.3 Å². The summed E-state index contributed by atoms with van der Waals surface area (Å²) in [5.74, 6) is -1.42. The molecule has 1 amide bonds. The Labute approximate surface area is 133 Å². The predicted octanol–water partition coefficient (Wildman–Crippen LogP) is 3.54. The average molecular weight is 317 g/mol. The Morgan fingerprint density at radius 1 is 1.05 bits per heavy atom. The van der Waals surface area contributed by atoms with Crippen molar-refractivity contribution < 1.29 is 14.7 Å². The third kappa shape index (κ3) is 3.36. The standard InChI is InChI=1S/C17H19NO3S/c1-9-5-6-13(7-10(9)2)15(17(20)21)18-16(19)14-8-11(3)12(4)22-14/h5-8,15H,1-4H3,(H,18,19)(H,20,21). The summed E-state index contributed by atoms with van der Waals surface area (Å²) in [6, 6.07) is 6.15. The molecule has 2 aromatic rings. The maximum Gasteiger partial charge on any atom is 0.330 e. The zero-order valence-electron chi connectivity index (χ0n) is 13.1. The van der Waals surface area contributed by atoms with Gasteiger partial charge in [0.25, 0.3) is 5.91 Å². The van der Waals surface area contributed by atoms with Crippen molar-refractivity contribution in [3.8, 4) is 0 Å². The number of hydrogen-bond acceptors (Lipinski definition) is 3. The Morgan fingerprint density at radius 2 is 1.73 bits per heavy atom. The Hall–Kier alpha value is -2.14. The zero-order valence-corrected chi connectivity index (χ0v) is 13.9. The number of aryl methyl sites for hydroxylation is 4. The van der Waals surface area contributed by atoms with E-state index in [9.17, 15) is 14.7 Å². The molecular formula is C17H19NO3S. The van der Waals surface area contributed by atoms with Gasteiger partial charge in [0.15, 0.2) is 6.04 Å². The third-order valence-electron chi connectivity index (χ3n) is 3.78. The summed E-state index contributed by atoms with van der Waals surface area (Å²) in [6.07, 6.45) is 0. The fourth-order valence-corrected chi connectivity index (χ4v) is 3.06. The number of benzene rings is 1. The predicted molar refractivity (Wildman–Crippen MR) is 87.6 cm³/mol. The number of thiophene rings is 1. The molecule has 0 saturated carbocycles. The van der Waals surface area contributed by atoms with Crippen molar-refractivity contribution in [2.45, 2.75) is 33.7 Å². The number of rotatable bonds is 4. The summed E-state index contributed by atoms with van der Waals surface area (Å²) in [5.41, 5.74) is 3.70. The molecule has 1 unspecified atom stereocenters. The molecule has 1 heterocycles. The molecule has 4 nitrogen and oxygen atoms in total. The molecule has 1 aromatic heterocycles. The molecule has 0 saturated heterocycles. The highest BCUT2D eigenvalue weighted by atomic mass is 32.1. The van der Waals surface area contributed by atoms with Crippen LogP contribution in [0.25, 0.3) is 0 Å². The molecule has 0 bridgehead atoms. The van der Waals surface area contributed by atoms with E-state index in [0.29, 0.717) is 10.4 Å². The van der Waals surface area contributed by atoms with Crippen LogP contribution in [0.5, 0.6) is 0 Å². The fourth-order valence-electron chi connectivity index (χ4n) is 2.12. The van der Waals surface area contributed by atoms with E-state index in [0.717, 1.165) is 21.6 Å². The minimum atomic E-state index is -1.07. The van der Waals surface area contributed by atoms with Gasteiger partial charge in [-0.15, -0.1) is 11.3 Å². The van der Waals surface area contributed by atoms with E-state index < -0.39 is 12.0 Å². The van der Waals surface area contributed by atoms with Crippen LogP contribution in [0.2, 0.25) is 0 Å². The van der Waals surface area contributed by atoms with Gasteiger partial charge in [0.05, 0.1) is 4.88 Å². The lowest BCUT2D eigenvalue weighted by atomic mass is 10.0. The van der Waals surface area contributed by atoms with E-state index in [1.54, 1.807) is 18.2 Å². The second kappa shape index (κ2) is 6.32. The van der Waals surface area contributed by atoms with Gasteiger partial charge in [0.2, 0.25) is 0 Å². The third-order valence-corrected chi connectivity index (χ3v) is 4.93. The molecule has 0 aliphatic rings. The van der Waals surface area contributed by atoms with E-state index in [1.165, 1.54) is 11.3 Å². The Morgan fingerprint density at radius 3 is 2.23 bits per heavy atom. The minimum absolute atomic E-state index is 0.355. The number of amides is 1. The normalized spacial score (nSPS) is 12.0. The number of nitrogens with one attached hydrogen (secondary N) is 1. The molecule has 116 valence electrons. The maximum absolute atomic E-state index is 12.3. The van der Waals surface area contributed by atoms with Crippen molar-refractivity contribution in [3.63, 3.8) is 0 Å². The van der Waals surface area contributed by atoms with Gasteiger partial charge in [-0.05, 0) is 56.0 Å². The van der Waals surface area contributed by atoms with Crippen LogP contribution in [0, 0.1) is 27.7 Å². The molecule has 0 spiro atoms. The van der Waals surface area contributed by atoms with Crippen molar-refractivity contribution in [1.29, 1.82) is 0 Å². The van der Waals surface area contributed by atoms with Gasteiger partial charge in [0.1, 0.15) is 0 Å². The van der Waals surface area contributed by atoms with Crippen LogP contribution in [0.4, 0.5) is 0 Å². The van der Waals surface area contributed by atoms with Gasteiger partial charge in [-0.25, -0.2) is 4.79 Å². The summed E-state index contributed by atoms with van der Waals surface area (Å²) in [5, 5.41) is 12.0. The van der Waals surface area contributed by atoms with Gasteiger partial charge in [-0.1, -0.05) is 18.2 Å². The van der Waals surface area contributed by atoms with E-state index in [4.69, 9.17) is 0 Å². The number of hydrogen-bond donors (Lipinski definition) is 2. The number of carbonyl (C=O) groups excluding carboxylic acids is 1.